The number of carbonyl (C=O) groups excluding carboxylic acids is 2. The molecule has 1 heterocycles. The molecule has 6 nitrogen and oxygen atoms in total. The summed E-state index contributed by atoms with van der Waals surface area (Å²) in [6.07, 6.45) is 5.46. The normalized spacial score (nSPS) is 30.1. The van der Waals surface area contributed by atoms with Crippen LogP contribution in [0.1, 0.15) is 44.6 Å². The van der Waals surface area contributed by atoms with E-state index in [1.165, 1.54) is 25.7 Å². The number of benzene rings is 1. The Balaban J connectivity index is 1.38. The zero-order valence-corrected chi connectivity index (χ0v) is 17.5. The molecule has 1 aromatic rings. The Kier molecular flexibility index (Phi) is 6.09. The maximum absolute atomic E-state index is 12.8. The van der Waals surface area contributed by atoms with Gasteiger partial charge in [-0.15, -0.1) is 0 Å². The van der Waals surface area contributed by atoms with Crippen LogP contribution >= 0.6 is 0 Å². The summed E-state index contributed by atoms with van der Waals surface area (Å²) in [5.74, 6) is 2.97. The minimum atomic E-state index is -0.444. The second-order valence-electron chi connectivity index (χ2n) is 8.99. The fraction of sp³-hybridized carbons (Fsp3) is 0.652. The Labute approximate surface area is 173 Å². The number of rotatable bonds is 7. The molecule has 2 aliphatic carbocycles. The summed E-state index contributed by atoms with van der Waals surface area (Å²) in [7, 11) is 1.66. The van der Waals surface area contributed by atoms with Crippen molar-refractivity contribution < 1.29 is 14.3 Å². The first-order chi connectivity index (χ1) is 14.0. The molecule has 5 atom stereocenters. The van der Waals surface area contributed by atoms with Crippen LogP contribution in [0, 0.1) is 17.8 Å². The Morgan fingerprint density at radius 2 is 2.14 bits per heavy atom. The van der Waals surface area contributed by atoms with E-state index in [9.17, 15) is 9.59 Å². The topological polar surface area (TPSA) is 70.7 Å². The largest absolute Gasteiger partial charge is 0.496 e. The van der Waals surface area contributed by atoms with Crippen molar-refractivity contribution in [3.63, 3.8) is 0 Å². The molecule has 1 aromatic carbocycles. The van der Waals surface area contributed by atoms with E-state index in [2.05, 4.69) is 22.5 Å². The van der Waals surface area contributed by atoms with E-state index in [4.69, 9.17) is 4.74 Å². The van der Waals surface area contributed by atoms with E-state index >= 15 is 0 Å². The summed E-state index contributed by atoms with van der Waals surface area (Å²) in [6, 6.07) is 7.60. The van der Waals surface area contributed by atoms with E-state index in [-0.39, 0.29) is 24.3 Å². The lowest BCUT2D eigenvalue weighted by Gasteiger charge is -2.35. The SMILES string of the molecule is COc1ccccc1CN1CCNC(=O)[C@@H]1CC(=O)N[C@H](C)[C@@H]1C[C@H]2CC[C@H]1C2. The summed E-state index contributed by atoms with van der Waals surface area (Å²) in [4.78, 5) is 27.5. The first-order valence-electron chi connectivity index (χ1n) is 11.0. The maximum atomic E-state index is 12.8. The van der Waals surface area contributed by atoms with Crippen LogP contribution in [0.2, 0.25) is 0 Å². The molecular weight excluding hydrogens is 366 g/mol. The fourth-order valence-electron chi connectivity index (χ4n) is 5.73. The third-order valence-corrected chi connectivity index (χ3v) is 7.21. The number of fused-ring (bicyclic) bond motifs is 2. The van der Waals surface area contributed by atoms with Crippen LogP contribution in [0.25, 0.3) is 0 Å². The van der Waals surface area contributed by atoms with Crippen LogP contribution < -0.4 is 15.4 Å². The zero-order valence-electron chi connectivity index (χ0n) is 17.5. The third-order valence-electron chi connectivity index (χ3n) is 7.21. The standard InChI is InChI=1S/C23H33N3O3/c1-15(19-12-16-7-8-17(19)11-16)25-22(27)13-20-23(28)24-9-10-26(20)14-18-5-3-4-6-21(18)29-2/h3-6,15-17,19-20H,7-14H2,1-2H3,(H,24,28)(H,25,27)/t15-,16+,17+,19+,20+/m1/s1. The second-order valence-corrected chi connectivity index (χ2v) is 8.99. The summed E-state index contributed by atoms with van der Waals surface area (Å²) < 4.78 is 5.46. The van der Waals surface area contributed by atoms with Crippen LogP contribution in [0.4, 0.5) is 0 Å². The van der Waals surface area contributed by atoms with Crippen molar-refractivity contribution in [2.75, 3.05) is 20.2 Å². The number of amides is 2. The van der Waals surface area contributed by atoms with Gasteiger partial charge in [-0.25, -0.2) is 0 Å². The summed E-state index contributed by atoms with van der Waals surface area (Å²) in [5, 5.41) is 6.13. The predicted molar refractivity (Wildman–Crippen MR) is 111 cm³/mol. The van der Waals surface area contributed by atoms with Gasteiger partial charge >= 0.3 is 0 Å². The van der Waals surface area contributed by atoms with E-state index in [1.807, 2.05) is 24.3 Å². The fourth-order valence-corrected chi connectivity index (χ4v) is 5.73. The highest BCUT2D eigenvalue weighted by molar-refractivity contribution is 5.88. The van der Waals surface area contributed by atoms with Crippen molar-refractivity contribution in [3.8, 4) is 5.75 Å². The van der Waals surface area contributed by atoms with Gasteiger partial charge in [0.15, 0.2) is 0 Å². The molecule has 1 aliphatic heterocycles. The highest BCUT2D eigenvalue weighted by Crippen LogP contribution is 2.49. The molecule has 2 bridgehead atoms. The van der Waals surface area contributed by atoms with Gasteiger partial charge in [0.1, 0.15) is 5.75 Å². The Morgan fingerprint density at radius 1 is 1.31 bits per heavy atom. The number of para-hydroxylation sites is 1. The molecular formula is C23H33N3O3. The number of ether oxygens (including phenoxy) is 1. The quantitative estimate of drug-likeness (QED) is 0.738. The first kappa shape index (κ1) is 20.2. The van der Waals surface area contributed by atoms with E-state index in [0.29, 0.717) is 19.0 Å². The van der Waals surface area contributed by atoms with Crippen molar-refractivity contribution in [2.45, 2.75) is 57.7 Å². The Morgan fingerprint density at radius 3 is 2.86 bits per heavy atom. The number of hydrogen-bond donors (Lipinski definition) is 2. The lowest BCUT2D eigenvalue weighted by atomic mass is 9.84. The molecule has 158 valence electrons. The van der Waals surface area contributed by atoms with Gasteiger partial charge in [0.2, 0.25) is 11.8 Å². The average molecular weight is 400 g/mol. The van der Waals surface area contributed by atoms with Crippen molar-refractivity contribution in [2.24, 2.45) is 17.8 Å². The van der Waals surface area contributed by atoms with Crippen molar-refractivity contribution >= 4 is 11.8 Å². The number of nitrogens with zero attached hydrogens (tertiary/aromatic N) is 1. The second kappa shape index (κ2) is 8.74. The molecule has 4 rings (SSSR count). The molecule has 2 saturated carbocycles. The Bertz CT molecular complexity index is 753. The summed E-state index contributed by atoms with van der Waals surface area (Å²) in [5.41, 5.74) is 1.03. The minimum absolute atomic E-state index is 0.0210. The van der Waals surface area contributed by atoms with Crippen molar-refractivity contribution in [3.05, 3.63) is 29.8 Å². The number of nitrogens with one attached hydrogen (secondary N) is 2. The van der Waals surface area contributed by atoms with Gasteiger partial charge in [-0.05, 0) is 50.0 Å². The minimum Gasteiger partial charge on any atom is -0.496 e. The van der Waals surface area contributed by atoms with E-state index < -0.39 is 6.04 Å². The van der Waals surface area contributed by atoms with Gasteiger partial charge < -0.3 is 15.4 Å². The Hall–Kier alpha value is -2.08. The molecule has 0 aromatic heterocycles. The summed E-state index contributed by atoms with van der Waals surface area (Å²) >= 11 is 0. The molecule has 0 spiro atoms. The number of carbonyl (C=O) groups is 2. The lowest BCUT2D eigenvalue weighted by molar-refractivity contribution is -0.134. The van der Waals surface area contributed by atoms with Crippen molar-refractivity contribution in [1.29, 1.82) is 0 Å². The van der Waals surface area contributed by atoms with E-state index in [0.717, 1.165) is 29.7 Å². The smallest absolute Gasteiger partial charge is 0.237 e. The lowest BCUT2D eigenvalue weighted by Crippen LogP contribution is -2.56. The zero-order chi connectivity index (χ0) is 20.4. The van der Waals surface area contributed by atoms with Gasteiger partial charge in [-0.1, -0.05) is 24.6 Å². The highest BCUT2D eigenvalue weighted by atomic mass is 16.5. The van der Waals surface area contributed by atoms with Crippen LogP contribution in [0.15, 0.2) is 24.3 Å². The molecule has 0 radical (unpaired) electrons. The molecule has 1 saturated heterocycles. The van der Waals surface area contributed by atoms with E-state index in [1.54, 1.807) is 7.11 Å². The molecule has 2 N–H and O–H groups in total. The molecule has 29 heavy (non-hydrogen) atoms. The first-order valence-corrected chi connectivity index (χ1v) is 11.0. The van der Waals surface area contributed by atoms with Gasteiger partial charge in [0, 0.05) is 31.2 Å². The van der Waals surface area contributed by atoms with Gasteiger partial charge in [-0.3, -0.25) is 14.5 Å². The third kappa shape index (κ3) is 4.42. The maximum Gasteiger partial charge on any atom is 0.237 e. The summed E-state index contributed by atoms with van der Waals surface area (Å²) in [6.45, 7) is 4.06. The average Bonchev–Trinajstić information content (AvgIpc) is 3.34. The van der Waals surface area contributed by atoms with Crippen LogP contribution in [0.5, 0.6) is 5.75 Å². The molecule has 0 unspecified atom stereocenters. The van der Waals surface area contributed by atoms with Crippen molar-refractivity contribution in [1.82, 2.24) is 15.5 Å². The van der Waals surface area contributed by atoms with Crippen LogP contribution in [-0.4, -0.2) is 49.0 Å². The predicted octanol–water partition coefficient (Wildman–Crippen LogP) is 2.33. The highest BCUT2D eigenvalue weighted by Gasteiger charge is 2.42. The van der Waals surface area contributed by atoms with Gasteiger partial charge in [-0.2, -0.15) is 0 Å². The number of methoxy groups -OCH3 is 1. The monoisotopic (exact) mass is 399 g/mol. The molecule has 3 aliphatic rings. The number of hydrogen-bond acceptors (Lipinski definition) is 4. The van der Waals surface area contributed by atoms with Gasteiger partial charge in [0.25, 0.3) is 0 Å². The molecule has 6 heteroatoms. The number of piperazine rings is 1. The molecule has 3 fully saturated rings. The molecule has 2 amide bonds. The van der Waals surface area contributed by atoms with Crippen LogP contribution in [-0.2, 0) is 16.1 Å². The van der Waals surface area contributed by atoms with Crippen LogP contribution in [0.3, 0.4) is 0 Å². The van der Waals surface area contributed by atoms with Gasteiger partial charge in [0.05, 0.1) is 19.6 Å².